The number of ether oxygens (including phenoxy) is 1. The van der Waals surface area contributed by atoms with E-state index in [-0.39, 0.29) is 5.91 Å². The van der Waals surface area contributed by atoms with E-state index < -0.39 is 0 Å². The SMILES string of the molecule is COc1cc(N2CCN(C(=O)Cc3cn(C)c4ccccc34)CC2)nc(C)n1. The summed E-state index contributed by atoms with van der Waals surface area (Å²) >= 11 is 0. The van der Waals surface area contributed by atoms with Crippen LogP contribution in [0.1, 0.15) is 11.4 Å². The quantitative estimate of drug-likeness (QED) is 0.695. The summed E-state index contributed by atoms with van der Waals surface area (Å²) in [5, 5.41) is 1.15. The van der Waals surface area contributed by atoms with E-state index in [1.165, 1.54) is 0 Å². The molecule has 3 aromatic rings. The molecule has 1 fully saturated rings. The van der Waals surface area contributed by atoms with Gasteiger partial charge < -0.3 is 19.1 Å². The summed E-state index contributed by atoms with van der Waals surface area (Å²) in [7, 11) is 3.63. The standard InChI is InChI=1S/C21H25N5O2/c1-15-22-19(13-20(23-15)28-3)25-8-10-26(11-9-25)21(27)12-16-14-24(2)18-7-5-4-6-17(16)18/h4-7,13-14H,8-12H2,1-3H3. The molecule has 1 saturated heterocycles. The molecule has 1 aromatic carbocycles. The predicted octanol–water partition coefficient (Wildman–Crippen LogP) is 2.18. The number of hydrogen-bond donors (Lipinski definition) is 0. The molecule has 1 aliphatic rings. The lowest BCUT2D eigenvalue weighted by Gasteiger charge is -2.35. The van der Waals surface area contributed by atoms with Crippen LogP contribution in [0.25, 0.3) is 10.9 Å². The molecule has 0 spiro atoms. The fourth-order valence-electron chi connectivity index (χ4n) is 3.82. The maximum Gasteiger partial charge on any atom is 0.227 e. The molecule has 7 nitrogen and oxygen atoms in total. The fraction of sp³-hybridized carbons (Fsp3) is 0.381. The summed E-state index contributed by atoms with van der Waals surface area (Å²) in [5.74, 6) is 2.28. The maximum absolute atomic E-state index is 12.9. The Bertz CT molecular complexity index is 1010. The minimum absolute atomic E-state index is 0.174. The van der Waals surface area contributed by atoms with Crippen molar-refractivity contribution < 1.29 is 9.53 Å². The van der Waals surface area contributed by atoms with Crippen molar-refractivity contribution in [2.45, 2.75) is 13.3 Å². The normalized spacial score (nSPS) is 14.5. The van der Waals surface area contributed by atoms with Gasteiger partial charge in [-0.2, -0.15) is 4.98 Å². The average molecular weight is 379 g/mol. The van der Waals surface area contributed by atoms with Crippen LogP contribution >= 0.6 is 0 Å². The third-order valence-electron chi connectivity index (χ3n) is 5.29. The van der Waals surface area contributed by atoms with Crippen molar-refractivity contribution >= 4 is 22.6 Å². The summed E-state index contributed by atoms with van der Waals surface area (Å²) in [4.78, 5) is 25.7. The zero-order valence-electron chi connectivity index (χ0n) is 16.6. The molecule has 1 amide bonds. The Labute approximate surface area is 164 Å². The van der Waals surface area contributed by atoms with E-state index in [9.17, 15) is 4.79 Å². The molecule has 1 aliphatic heterocycles. The van der Waals surface area contributed by atoms with E-state index in [2.05, 4.69) is 37.8 Å². The number of carbonyl (C=O) groups excluding carboxylic acids is 1. The molecule has 0 unspecified atom stereocenters. The highest BCUT2D eigenvalue weighted by molar-refractivity contribution is 5.89. The molecule has 0 aliphatic carbocycles. The summed E-state index contributed by atoms with van der Waals surface area (Å²) < 4.78 is 7.33. The predicted molar refractivity (Wildman–Crippen MR) is 109 cm³/mol. The first-order valence-corrected chi connectivity index (χ1v) is 9.50. The molecule has 7 heteroatoms. The van der Waals surface area contributed by atoms with Gasteiger partial charge >= 0.3 is 0 Å². The van der Waals surface area contributed by atoms with Gasteiger partial charge in [-0.1, -0.05) is 18.2 Å². The van der Waals surface area contributed by atoms with E-state index in [1.807, 2.05) is 37.1 Å². The van der Waals surface area contributed by atoms with Gasteiger partial charge in [0.2, 0.25) is 11.8 Å². The number of anilines is 1. The number of piperazine rings is 1. The monoisotopic (exact) mass is 379 g/mol. The molecule has 28 heavy (non-hydrogen) atoms. The van der Waals surface area contributed by atoms with Crippen LogP contribution in [0.3, 0.4) is 0 Å². The average Bonchev–Trinajstić information content (AvgIpc) is 3.03. The largest absolute Gasteiger partial charge is 0.481 e. The third kappa shape index (κ3) is 3.52. The van der Waals surface area contributed by atoms with Gasteiger partial charge in [0.1, 0.15) is 11.6 Å². The van der Waals surface area contributed by atoms with Crippen LogP contribution < -0.4 is 9.64 Å². The second-order valence-corrected chi connectivity index (χ2v) is 7.14. The minimum Gasteiger partial charge on any atom is -0.481 e. The van der Waals surface area contributed by atoms with Crippen LogP contribution in [-0.4, -0.2) is 58.6 Å². The molecule has 0 bridgehead atoms. The third-order valence-corrected chi connectivity index (χ3v) is 5.29. The highest BCUT2D eigenvalue weighted by atomic mass is 16.5. The van der Waals surface area contributed by atoms with Gasteiger partial charge in [-0.15, -0.1) is 0 Å². The Morgan fingerprint density at radius 1 is 1.14 bits per heavy atom. The number of aromatic nitrogens is 3. The molecule has 0 saturated carbocycles. The van der Waals surface area contributed by atoms with E-state index in [0.29, 0.717) is 31.2 Å². The Morgan fingerprint density at radius 2 is 1.89 bits per heavy atom. The number of rotatable bonds is 4. The molecule has 3 heterocycles. The molecular formula is C21H25N5O2. The minimum atomic E-state index is 0.174. The first-order chi connectivity index (χ1) is 13.5. The summed E-state index contributed by atoms with van der Waals surface area (Å²) in [6.45, 7) is 4.74. The summed E-state index contributed by atoms with van der Waals surface area (Å²) in [6, 6.07) is 10.1. The first-order valence-electron chi connectivity index (χ1n) is 9.50. The Balaban J connectivity index is 1.42. The van der Waals surface area contributed by atoms with Crippen LogP contribution in [0, 0.1) is 6.92 Å². The Hall–Kier alpha value is -3.09. The van der Waals surface area contributed by atoms with E-state index in [4.69, 9.17) is 4.74 Å². The molecule has 0 N–H and O–H groups in total. The van der Waals surface area contributed by atoms with Crippen molar-refractivity contribution in [1.82, 2.24) is 19.4 Å². The second kappa shape index (κ2) is 7.50. The van der Waals surface area contributed by atoms with Gasteiger partial charge in [0.05, 0.1) is 13.5 Å². The van der Waals surface area contributed by atoms with Crippen molar-refractivity contribution in [1.29, 1.82) is 0 Å². The lowest BCUT2D eigenvalue weighted by Crippen LogP contribution is -2.49. The topological polar surface area (TPSA) is 63.5 Å². The molecule has 2 aromatic heterocycles. The number of benzene rings is 1. The zero-order valence-corrected chi connectivity index (χ0v) is 16.6. The number of methoxy groups -OCH3 is 1. The highest BCUT2D eigenvalue weighted by Crippen LogP contribution is 2.22. The lowest BCUT2D eigenvalue weighted by molar-refractivity contribution is -0.130. The summed E-state index contributed by atoms with van der Waals surface area (Å²) in [6.07, 6.45) is 2.50. The molecule has 146 valence electrons. The van der Waals surface area contributed by atoms with Crippen molar-refractivity contribution in [3.8, 4) is 5.88 Å². The Morgan fingerprint density at radius 3 is 2.64 bits per heavy atom. The Kier molecular flexibility index (Phi) is 4.90. The van der Waals surface area contributed by atoms with Gasteiger partial charge in [0.25, 0.3) is 0 Å². The maximum atomic E-state index is 12.9. The van der Waals surface area contributed by atoms with Gasteiger partial charge in [-0.25, -0.2) is 4.98 Å². The molecule has 0 radical (unpaired) electrons. The number of aryl methyl sites for hydroxylation is 2. The molecular weight excluding hydrogens is 354 g/mol. The van der Waals surface area contributed by atoms with Crippen molar-refractivity contribution in [2.24, 2.45) is 7.05 Å². The van der Waals surface area contributed by atoms with Gasteiger partial charge in [0, 0.05) is 56.4 Å². The van der Waals surface area contributed by atoms with Gasteiger partial charge in [-0.05, 0) is 18.6 Å². The summed E-state index contributed by atoms with van der Waals surface area (Å²) in [5.41, 5.74) is 2.24. The first kappa shape index (κ1) is 18.3. The number of para-hydroxylation sites is 1. The van der Waals surface area contributed by atoms with Gasteiger partial charge in [-0.3, -0.25) is 4.79 Å². The number of amides is 1. The van der Waals surface area contributed by atoms with Crippen LogP contribution in [0.2, 0.25) is 0 Å². The van der Waals surface area contributed by atoms with Crippen molar-refractivity contribution in [3.63, 3.8) is 0 Å². The van der Waals surface area contributed by atoms with Crippen molar-refractivity contribution in [3.05, 3.63) is 47.9 Å². The fourth-order valence-corrected chi connectivity index (χ4v) is 3.82. The van der Waals surface area contributed by atoms with E-state index >= 15 is 0 Å². The smallest absolute Gasteiger partial charge is 0.227 e. The van der Waals surface area contributed by atoms with Crippen LogP contribution in [-0.2, 0) is 18.3 Å². The van der Waals surface area contributed by atoms with Gasteiger partial charge in [0.15, 0.2) is 0 Å². The van der Waals surface area contributed by atoms with E-state index in [0.717, 1.165) is 35.4 Å². The zero-order chi connectivity index (χ0) is 19.7. The molecule has 4 rings (SSSR count). The van der Waals surface area contributed by atoms with Crippen LogP contribution in [0.5, 0.6) is 5.88 Å². The van der Waals surface area contributed by atoms with E-state index in [1.54, 1.807) is 7.11 Å². The number of carbonyl (C=O) groups is 1. The van der Waals surface area contributed by atoms with Crippen molar-refractivity contribution in [2.75, 3.05) is 38.2 Å². The van der Waals surface area contributed by atoms with Crippen LogP contribution in [0.4, 0.5) is 5.82 Å². The number of hydrogen-bond acceptors (Lipinski definition) is 5. The highest BCUT2D eigenvalue weighted by Gasteiger charge is 2.23. The van der Waals surface area contributed by atoms with Crippen LogP contribution in [0.15, 0.2) is 36.5 Å². The lowest BCUT2D eigenvalue weighted by atomic mass is 10.1. The molecule has 0 atom stereocenters. The second-order valence-electron chi connectivity index (χ2n) is 7.14. The number of fused-ring (bicyclic) bond motifs is 1. The number of nitrogens with zero attached hydrogens (tertiary/aromatic N) is 5.